The van der Waals surface area contributed by atoms with Crippen LogP contribution in [0.1, 0.15) is 18.4 Å². The van der Waals surface area contributed by atoms with Gasteiger partial charge in [0.25, 0.3) is 0 Å². The van der Waals surface area contributed by atoms with Gasteiger partial charge in [-0.15, -0.1) is 0 Å². The molecule has 2 rings (SSSR count). The van der Waals surface area contributed by atoms with Crippen molar-refractivity contribution in [2.75, 3.05) is 5.75 Å². The summed E-state index contributed by atoms with van der Waals surface area (Å²) >= 11 is 0. The van der Waals surface area contributed by atoms with Gasteiger partial charge in [-0.1, -0.05) is 18.2 Å². The first-order valence-corrected chi connectivity index (χ1v) is 7.22. The van der Waals surface area contributed by atoms with E-state index in [1.807, 2.05) is 6.07 Å². The van der Waals surface area contributed by atoms with Crippen LogP contribution < -0.4 is 5.32 Å². The van der Waals surface area contributed by atoms with Crippen molar-refractivity contribution >= 4 is 15.7 Å². The van der Waals surface area contributed by atoms with Gasteiger partial charge in [0.1, 0.15) is 0 Å². The first kappa shape index (κ1) is 12.1. The fraction of sp³-hybridized carbons (Fsp3) is 0.417. The summed E-state index contributed by atoms with van der Waals surface area (Å²) in [5.74, 6) is -0.0705. The molecule has 1 heterocycles. The molecule has 1 aromatic carbocycles. The summed E-state index contributed by atoms with van der Waals surface area (Å²) in [6.07, 6.45) is 1.03. The van der Waals surface area contributed by atoms with Gasteiger partial charge in [-0.25, -0.2) is 8.42 Å². The maximum Gasteiger partial charge on any atom is 0.220 e. The summed E-state index contributed by atoms with van der Waals surface area (Å²) < 4.78 is 24.3. The number of benzene rings is 1. The van der Waals surface area contributed by atoms with Crippen LogP contribution in [0.4, 0.5) is 0 Å². The normalized spacial score (nSPS) is 20.3. The van der Waals surface area contributed by atoms with Gasteiger partial charge in [0.2, 0.25) is 5.91 Å². The molecular weight excluding hydrogens is 238 g/mol. The summed E-state index contributed by atoms with van der Waals surface area (Å²) in [4.78, 5) is 11.4. The Balaban J connectivity index is 2.20. The van der Waals surface area contributed by atoms with Gasteiger partial charge in [0, 0.05) is 12.5 Å². The van der Waals surface area contributed by atoms with Crippen LogP contribution in [-0.4, -0.2) is 26.1 Å². The summed E-state index contributed by atoms with van der Waals surface area (Å²) in [6, 6.07) is 6.67. The molecule has 0 unspecified atom stereocenters. The van der Waals surface area contributed by atoms with E-state index in [-0.39, 0.29) is 17.7 Å². The van der Waals surface area contributed by atoms with E-state index in [4.69, 9.17) is 0 Å². The minimum Gasteiger partial charge on any atom is -0.352 e. The lowest BCUT2D eigenvalue weighted by atomic mass is 10.2. The highest BCUT2D eigenvalue weighted by atomic mass is 32.2. The van der Waals surface area contributed by atoms with Crippen molar-refractivity contribution in [2.24, 2.45) is 0 Å². The molecule has 1 aliphatic rings. The average molecular weight is 253 g/mol. The molecule has 1 fully saturated rings. The molecule has 0 bridgehead atoms. The highest BCUT2D eigenvalue weighted by molar-refractivity contribution is 7.91. The fourth-order valence-electron chi connectivity index (χ4n) is 2.06. The number of sulfone groups is 1. The molecule has 1 atom stereocenters. The molecule has 0 aliphatic carbocycles. The largest absolute Gasteiger partial charge is 0.352 e. The summed E-state index contributed by atoms with van der Waals surface area (Å²) in [5.41, 5.74) is 0.747. The van der Waals surface area contributed by atoms with E-state index in [1.165, 1.54) is 0 Å². The maximum atomic E-state index is 12.2. The van der Waals surface area contributed by atoms with E-state index in [1.54, 1.807) is 25.1 Å². The molecule has 0 saturated carbocycles. The molecule has 92 valence electrons. The maximum absolute atomic E-state index is 12.2. The summed E-state index contributed by atoms with van der Waals surface area (Å²) in [6.45, 7) is 1.78. The number of hydrogen-bond acceptors (Lipinski definition) is 3. The molecule has 17 heavy (non-hydrogen) atoms. The van der Waals surface area contributed by atoms with E-state index < -0.39 is 9.84 Å². The molecule has 0 radical (unpaired) electrons. The van der Waals surface area contributed by atoms with E-state index in [0.29, 0.717) is 17.7 Å². The molecule has 1 aromatic rings. The van der Waals surface area contributed by atoms with Crippen molar-refractivity contribution in [1.29, 1.82) is 0 Å². The van der Waals surface area contributed by atoms with Crippen LogP contribution in [0.5, 0.6) is 0 Å². The quantitative estimate of drug-likeness (QED) is 0.875. The number of aryl methyl sites for hydroxylation is 1. The standard InChI is InChI=1S/C12H15NO3S/c1-9-4-2-3-5-11(9)17(15,16)8-10-6-7-12(14)13-10/h2-5,10H,6-8H2,1H3,(H,13,14)/t10-/m1/s1. The molecule has 1 saturated heterocycles. The van der Waals surface area contributed by atoms with Crippen molar-refractivity contribution < 1.29 is 13.2 Å². The van der Waals surface area contributed by atoms with Crippen molar-refractivity contribution in [3.63, 3.8) is 0 Å². The second-order valence-corrected chi connectivity index (χ2v) is 6.35. The first-order chi connectivity index (χ1) is 7.99. The van der Waals surface area contributed by atoms with Crippen molar-refractivity contribution in [3.8, 4) is 0 Å². The lowest BCUT2D eigenvalue weighted by Gasteiger charge is -2.12. The van der Waals surface area contributed by atoms with Crippen LogP contribution in [0.2, 0.25) is 0 Å². The molecule has 5 heteroatoms. The number of amides is 1. The topological polar surface area (TPSA) is 63.2 Å². The fourth-order valence-corrected chi connectivity index (χ4v) is 3.87. The van der Waals surface area contributed by atoms with Gasteiger partial charge in [0.15, 0.2) is 9.84 Å². The Bertz CT molecular complexity index is 536. The monoisotopic (exact) mass is 253 g/mol. The predicted octanol–water partition coefficient (Wildman–Crippen LogP) is 1.05. The summed E-state index contributed by atoms with van der Waals surface area (Å²) in [5, 5.41) is 2.68. The van der Waals surface area contributed by atoms with Gasteiger partial charge in [0.05, 0.1) is 10.6 Å². The van der Waals surface area contributed by atoms with Gasteiger partial charge in [-0.2, -0.15) is 0 Å². The van der Waals surface area contributed by atoms with Gasteiger partial charge < -0.3 is 5.32 Å². The van der Waals surface area contributed by atoms with Crippen LogP contribution in [0.3, 0.4) is 0 Å². The smallest absolute Gasteiger partial charge is 0.220 e. The van der Waals surface area contributed by atoms with Crippen molar-refractivity contribution in [2.45, 2.75) is 30.7 Å². The zero-order valence-electron chi connectivity index (χ0n) is 9.64. The van der Waals surface area contributed by atoms with E-state index in [0.717, 1.165) is 5.56 Å². The number of rotatable bonds is 3. The molecular formula is C12H15NO3S. The van der Waals surface area contributed by atoms with Crippen LogP contribution in [0, 0.1) is 6.92 Å². The lowest BCUT2D eigenvalue weighted by Crippen LogP contribution is -2.32. The van der Waals surface area contributed by atoms with Gasteiger partial charge >= 0.3 is 0 Å². The SMILES string of the molecule is Cc1ccccc1S(=O)(=O)C[C@H]1CCC(=O)N1. The highest BCUT2D eigenvalue weighted by Gasteiger charge is 2.27. The van der Waals surface area contributed by atoms with Crippen LogP contribution in [0.25, 0.3) is 0 Å². The zero-order valence-corrected chi connectivity index (χ0v) is 10.5. The Morgan fingerprint density at radius 3 is 2.65 bits per heavy atom. The van der Waals surface area contributed by atoms with Crippen LogP contribution in [0.15, 0.2) is 29.2 Å². The van der Waals surface area contributed by atoms with Crippen LogP contribution >= 0.6 is 0 Å². The minimum absolute atomic E-state index is 0.0103. The Morgan fingerprint density at radius 2 is 2.06 bits per heavy atom. The molecule has 0 spiro atoms. The number of carbonyl (C=O) groups is 1. The third kappa shape index (κ3) is 2.66. The predicted molar refractivity (Wildman–Crippen MR) is 64.4 cm³/mol. The number of carbonyl (C=O) groups excluding carboxylic acids is 1. The Hall–Kier alpha value is -1.36. The molecule has 1 amide bonds. The Labute approximate surface area is 101 Å². The molecule has 4 nitrogen and oxygen atoms in total. The summed E-state index contributed by atoms with van der Waals surface area (Å²) in [7, 11) is -3.31. The molecule has 1 N–H and O–H groups in total. The van der Waals surface area contributed by atoms with Crippen LogP contribution in [-0.2, 0) is 14.6 Å². The lowest BCUT2D eigenvalue weighted by molar-refractivity contribution is -0.119. The van der Waals surface area contributed by atoms with Gasteiger partial charge in [-0.3, -0.25) is 4.79 Å². The Morgan fingerprint density at radius 1 is 1.35 bits per heavy atom. The molecule has 1 aliphatic heterocycles. The highest BCUT2D eigenvalue weighted by Crippen LogP contribution is 2.19. The van der Waals surface area contributed by atoms with E-state index in [9.17, 15) is 13.2 Å². The van der Waals surface area contributed by atoms with E-state index in [2.05, 4.69) is 5.32 Å². The van der Waals surface area contributed by atoms with Crippen molar-refractivity contribution in [1.82, 2.24) is 5.32 Å². The second-order valence-electron chi connectivity index (χ2n) is 4.35. The zero-order chi connectivity index (χ0) is 12.5. The first-order valence-electron chi connectivity index (χ1n) is 5.57. The minimum atomic E-state index is -3.31. The van der Waals surface area contributed by atoms with E-state index >= 15 is 0 Å². The average Bonchev–Trinajstić information content (AvgIpc) is 2.63. The third-order valence-electron chi connectivity index (χ3n) is 2.93. The molecule has 0 aromatic heterocycles. The third-order valence-corrected chi connectivity index (χ3v) is 4.90. The Kier molecular flexibility index (Phi) is 3.19. The second kappa shape index (κ2) is 4.49. The van der Waals surface area contributed by atoms with Gasteiger partial charge in [-0.05, 0) is 25.0 Å². The number of nitrogens with one attached hydrogen (secondary N) is 1. The number of hydrogen-bond donors (Lipinski definition) is 1. The van der Waals surface area contributed by atoms with Crippen molar-refractivity contribution in [3.05, 3.63) is 29.8 Å².